The average molecular weight is 439 g/mol. The van der Waals surface area contributed by atoms with Gasteiger partial charge in [0.15, 0.2) is 5.96 Å². The monoisotopic (exact) mass is 438 g/mol. The highest BCUT2D eigenvalue weighted by molar-refractivity contribution is 7.89. The Morgan fingerprint density at radius 2 is 1.97 bits per heavy atom. The number of hydrogen-bond acceptors (Lipinski definition) is 5. The van der Waals surface area contributed by atoms with E-state index in [1.54, 1.807) is 26.0 Å². The molecule has 0 radical (unpaired) electrons. The number of thiophene rings is 1. The molecular weight excluding hydrogens is 408 g/mol. The first-order valence-electron chi connectivity index (χ1n) is 9.50. The van der Waals surface area contributed by atoms with Crippen LogP contribution in [-0.2, 0) is 15.6 Å². The standard InChI is InChI=1S/C20H30N4O3S2/c1-5-21-19(23-14-20(4,25)17-8-11-28-13-17)22-9-10-24-29(26,27)18-12-15(2)6-7-16(18)3/h6-8,11-13,24-25H,5,9-10,14H2,1-4H3,(H2,21,22,23). The van der Waals surface area contributed by atoms with Crippen molar-refractivity contribution in [2.45, 2.75) is 38.2 Å². The zero-order valence-electron chi connectivity index (χ0n) is 17.3. The molecular formula is C20H30N4O3S2. The van der Waals surface area contributed by atoms with Crippen LogP contribution in [0.5, 0.6) is 0 Å². The first-order chi connectivity index (χ1) is 13.7. The van der Waals surface area contributed by atoms with Crippen LogP contribution < -0.4 is 15.4 Å². The molecule has 1 aromatic carbocycles. The van der Waals surface area contributed by atoms with Crippen molar-refractivity contribution in [1.82, 2.24) is 15.4 Å². The lowest BCUT2D eigenvalue weighted by molar-refractivity contribution is 0.0677. The molecule has 2 rings (SSSR count). The molecule has 0 saturated carbocycles. The molecule has 0 aliphatic rings. The van der Waals surface area contributed by atoms with Crippen LogP contribution in [0.15, 0.2) is 44.9 Å². The number of benzene rings is 1. The van der Waals surface area contributed by atoms with Crippen LogP contribution in [0.25, 0.3) is 0 Å². The van der Waals surface area contributed by atoms with Crippen molar-refractivity contribution < 1.29 is 13.5 Å². The molecule has 2 aromatic rings. The van der Waals surface area contributed by atoms with Gasteiger partial charge in [0.05, 0.1) is 11.4 Å². The molecule has 1 unspecified atom stereocenters. The zero-order chi connectivity index (χ0) is 21.5. The number of guanidine groups is 1. The molecule has 0 aliphatic heterocycles. The van der Waals surface area contributed by atoms with Crippen molar-refractivity contribution in [2.75, 3.05) is 26.2 Å². The molecule has 7 nitrogen and oxygen atoms in total. The van der Waals surface area contributed by atoms with E-state index in [1.165, 1.54) is 11.3 Å². The van der Waals surface area contributed by atoms with Crippen LogP contribution in [0.3, 0.4) is 0 Å². The minimum absolute atomic E-state index is 0.188. The summed E-state index contributed by atoms with van der Waals surface area (Å²) in [6, 6.07) is 7.24. The van der Waals surface area contributed by atoms with E-state index in [4.69, 9.17) is 0 Å². The predicted octanol–water partition coefficient (Wildman–Crippen LogP) is 2.11. The van der Waals surface area contributed by atoms with Gasteiger partial charge in [-0.2, -0.15) is 11.3 Å². The third-order valence-electron chi connectivity index (χ3n) is 4.38. The van der Waals surface area contributed by atoms with Crippen molar-refractivity contribution in [3.8, 4) is 0 Å². The number of nitrogens with one attached hydrogen (secondary N) is 3. The van der Waals surface area contributed by atoms with Crippen molar-refractivity contribution >= 4 is 27.3 Å². The number of sulfonamides is 1. The van der Waals surface area contributed by atoms with Gasteiger partial charge in [-0.15, -0.1) is 0 Å². The summed E-state index contributed by atoms with van der Waals surface area (Å²) < 4.78 is 27.7. The molecule has 0 amide bonds. The van der Waals surface area contributed by atoms with Crippen LogP contribution in [0.2, 0.25) is 0 Å². The third-order valence-corrected chi connectivity index (χ3v) is 6.66. The molecule has 0 spiro atoms. The highest BCUT2D eigenvalue weighted by atomic mass is 32.2. The summed E-state index contributed by atoms with van der Waals surface area (Å²) in [5, 5.41) is 20.6. The van der Waals surface area contributed by atoms with Gasteiger partial charge in [-0.25, -0.2) is 18.1 Å². The fraction of sp³-hybridized carbons (Fsp3) is 0.450. The first kappa shape index (κ1) is 23.3. The number of nitrogens with zero attached hydrogens (tertiary/aromatic N) is 1. The second-order valence-electron chi connectivity index (χ2n) is 7.07. The molecule has 1 heterocycles. The van der Waals surface area contributed by atoms with Gasteiger partial charge in [0, 0.05) is 19.6 Å². The van der Waals surface area contributed by atoms with Crippen LogP contribution in [-0.4, -0.2) is 45.7 Å². The summed E-state index contributed by atoms with van der Waals surface area (Å²) in [5.41, 5.74) is 1.37. The second-order valence-corrected chi connectivity index (χ2v) is 9.59. The number of aryl methyl sites for hydroxylation is 2. The summed E-state index contributed by atoms with van der Waals surface area (Å²) in [5.74, 6) is 0.522. The van der Waals surface area contributed by atoms with Gasteiger partial charge in [0.2, 0.25) is 10.0 Å². The van der Waals surface area contributed by atoms with Crippen molar-refractivity contribution in [3.63, 3.8) is 0 Å². The summed E-state index contributed by atoms with van der Waals surface area (Å²) >= 11 is 1.53. The molecule has 0 aliphatic carbocycles. The number of rotatable bonds is 9. The van der Waals surface area contributed by atoms with E-state index >= 15 is 0 Å². The average Bonchev–Trinajstić information content (AvgIpc) is 3.21. The molecule has 1 aromatic heterocycles. The Labute approximate surface area is 177 Å². The smallest absolute Gasteiger partial charge is 0.240 e. The Balaban J connectivity index is 1.93. The molecule has 4 N–H and O–H groups in total. The van der Waals surface area contributed by atoms with E-state index in [9.17, 15) is 13.5 Å². The predicted molar refractivity (Wildman–Crippen MR) is 119 cm³/mol. The second kappa shape index (κ2) is 10.2. The maximum atomic E-state index is 12.5. The Hall–Kier alpha value is -1.94. The molecule has 0 fully saturated rings. The molecule has 9 heteroatoms. The van der Waals surface area contributed by atoms with E-state index in [0.29, 0.717) is 29.5 Å². The van der Waals surface area contributed by atoms with Gasteiger partial charge >= 0.3 is 0 Å². The topological polar surface area (TPSA) is 103 Å². The SMILES string of the molecule is CCNC(=NCC(C)(O)c1ccsc1)NCCNS(=O)(=O)c1cc(C)ccc1C. The van der Waals surface area contributed by atoms with Gasteiger partial charge in [-0.3, -0.25) is 0 Å². The highest BCUT2D eigenvalue weighted by Crippen LogP contribution is 2.23. The molecule has 1 atom stereocenters. The number of aliphatic imine (C=N–C) groups is 1. The Morgan fingerprint density at radius 1 is 1.21 bits per heavy atom. The van der Waals surface area contributed by atoms with Crippen LogP contribution >= 0.6 is 11.3 Å². The molecule has 160 valence electrons. The van der Waals surface area contributed by atoms with Crippen molar-refractivity contribution in [1.29, 1.82) is 0 Å². The quantitative estimate of drug-likeness (QED) is 0.273. The van der Waals surface area contributed by atoms with Gasteiger partial charge in [-0.05, 0) is 67.3 Å². The number of aliphatic hydroxyl groups is 1. The summed E-state index contributed by atoms with van der Waals surface area (Å²) in [6.07, 6.45) is 0. The van der Waals surface area contributed by atoms with E-state index in [2.05, 4.69) is 20.3 Å². The van der Waals surface area contributed by atoms with Crippen LogP contribution in [0.1, 0.15) is 30.5 Å². The molecule has 29 heavy (non-hydrogen) atoms. The van der Waals surface area contributed by atoms with Gasteiger partial charge in [0.1, 0.15) is 5.60 Å². The highest BCUT2D eigenvalue weighted by Gasteiger charge is 2.23. The fourth-order valence-corrected chi connectivity index (χ4v) is 4.82. The third kappa shape index (κ3) is 6.81. The summed E-state index contributed by atoms with van der Waals surface area (Å²) in [7, 11) is -3.58. The lowest BCUT2D eigenvalue weighted by Gasteiger charge is -2.21. The molecule has 0 saturated heterocycles. The lowest BCUT2D eigenvalue weighted by Crippen LogP contribution is -2.42. The van der Waals surface area contributed by atoms with Gasteiger partial charge in [0.25, 0.3) is 0 Å². The Bertz CT molecular complexity index is 923. The van der Waals surface area contributed by atoms with Crippen molar-refractivity contribution in [2.24, 2.45) is 4.99 Å². The lowest BCUT2D eigenvalue weighted by atomic mass is 10.00. The largest absolute Gasteiger partial charge is 0.383 e. The maximum Gasteiger partial charge on any atom is 0.240 e. The van der Waals surface area contributed by atoms with Crippen LogP contribution in [0, 0.1) is 13.8 Å². The van der Waals surface area contributed by atoms with E-state index in [0.717, 1.165) is 11.1 Å². The van der Waals surface area contributed by atoms with Gasteiger partial charge < -0.3 is 15.7 Å². The normalized spacial score (nSPS) is 14.4. The Kier molecular flexibility index (Phi) is 8.21. The summed E-state index contributed by atoms with van der Waals surface area (Å²) in [4.78, 5) is 4.73. The molecule has 0 bridgehead atoms. The minimum Gasteiger partial charge on any atom is -0.383 e. The van der Waals surface area contributed by atoms with Crippen molar-refractivity contribution in [3.05, 3.63) is 51.7 Å². The maximum absolute atomic E-state index is 12.5. The van der Waals surface area contributed by atoms with E-state index in [-0.39, 0.29) is 13.1 Å². The minimum atomic E-state index is -3.58. The zero-order valence-corrected chi connectivity index (χ0v) is 19.0. The fourth-order valence-electron chi connectivity index (χ4n) is 2.68. The van der Waals surface area contributed by atoms with E-state index in [1.807, 2.05) is 36.7 Å². The van der Waals surface area contributed by atoms with E-state index < -0.39 is 15.6 Å². The van der Waals surface area contributed by atoms with Crippen LogP contribution in [0.4, 0.5) is 0 Å². The first-order valence-corrected chi connectivity index (χ1v) is 11.9. The summed E-state index contributed by atoms with van der Waals surface area (Å²) in [6.45, 7) is 8.72. The Morgan fingerprint density at radius 3 is 2.62 bits per heavy atom. The van der Waals surface area contributed by atoms with Gasteiger partial charge in [-0.1, -0.05) is 12.1 Å². The number of hydrogen-bond donors (Lipinski definition) is 4.